The van der Waals surface area contributed by atoms with Crippen LogP contribution in [-0.4, -0.2) is 39.8 Å². The molecule has 5 nitrogen and oxygen atoms in total. The van der Waals surface area contributed by atoms with E-state index in [1.54, 1.807) is 12.1 Å². The summed E-state index contributed by atoms with van der Waals surface area (Å²) in [5.41, 5.74) is 0.466. The summed E-state index contributed by atoms with van der Waals surface area (Å²) in [4.78, 5) is 35.3. The van der Waals surface area contributed by atoms with Crippen LogP contribution in [0.4, 0.5) is 0 Å². The summed E-state index contributed by atoms with van der Waals surface area (Å²) in [5, 5.41) is 11.9. The second-order valence-electron chi connectivity index (χ2n) is 5.53. The molecule has 0 radical (unpaired) electrons. The molecule has 1 heterocycles. The van der Waals surface area contributed by atoms with Gasteiger partial charge in [-0.25, -0.2) is 4.79 Å². The van der Waals surface area contributed by atoms with Crippen molar-refractivity contribution in [1.82, 2.24) is 5.32 Å². The fourth-order valence-electron chi connectivity index (χ4n) is 2.33. The summed E-state index contributed by atoms with van der Waals surface area (Å²) in [6.45, 7) is 1.94. The highest BCUT2D eigenvalue weighted by Crippen LogP contribution is 2.28. The number of carbonyl (C=O) groups is 3. The third-order valence-electron chi connectivity index (χ3n) is 3.76. The monoisotopic (exact) mass is 321 g/mol. The quantitative estimate of drug-likeness (QED) is 0.783. The molecule has 1 aliphatic rings. The number of nitrogens with one attached hydrogen (secondary N) is 1. The summed E-state index contributed by atoms with van der Waals surface area (Å²) in [6, 6.07) is 7.18. The molecule has 1 fully saturated rings. The Balaban J connectivity index is 1.88. The maximum atomic E-state index is 12.0. The van der Waals surface area contributed by atoms with Crippen molar-refractivity contribution in [1.29, 1.82) is 0 Å². The highest BCUT2D eigenvalue weighted by Gasteiger charge is 2.43. The number of ketones is 1. The van der Waals surface area contributed by atoms with Crippen molar-refractivity contribution in [2.75, 3.05) is 11.5 Å². The Kier molecular flexibility index (Phi) is 5.24. The average Bonchev–Trinajstić information content (AvgIpc) is 2.95. The van der Waals surface area contributed by atoms with Crippen molar-refractivity contribution in [3.63, 3.8) is 0 Å². The molecule has 2 N–H and O–H groups in total. The topological polar surface area (TPSA) is 83.5 Å². The molecule has 0 saturated carbocycles. The molecule has 2 rings (SSSR count). The fourth-order valence-corrected chi connectivity index (χ4v) is 3.65. The first-order valence-corrected chi connectivity index (χ1v) is 8.30. The highest BCUT2D eigenvalue weighted by atomic mass is 32.2. The van der Waals surface area contributed by atoms with E-state index >= 15 is 0 Å². The standard InChI is InChI=1S/C16H19NO4S/c1-11-2-4-12(5-3-11)13(18)6-7-14(19)17-16(15(20)21)8-9-22-10-16/h2-5H,6-10H2,1H3,(H,17,19)(H,20,21). The SMILES string of the molecule is Cc1ccc(C(=O)CCC(=O)NC2(C(=O)O)CCSC2)cc1. The van der Waals surface area contributed by atoms with E-state index in [2.05, 4.69) is 5.32 Å². The Morgan fingerprint density at radius 2 is 1.91 bits per heavy atom. The first-order chi connectivity index (χ1) is 10.4. The maximum absolute atomic E-state index is 12.0. The molecule has 0 spiro atoms. The van der Waals surface area contributed by atoms with Gasteiger partial charge in [-0.05, 0) is 19.1 Å². The predicted octanol–water partition coefficient (Wildman–Crippen LogP) is 2.03. The van der Waals surface area contributed by atoms with Crippen molar-refractivity contribution in [3.8, 4) is 0 Å². The molecule has 1 aromatic carbocycles. The van der Waals surface area contributed by atoms with Gasteiger partial charge in [0.15, 0.2) is 5.78 Å². The third kappa shape index (κ3) is 3.88. The first kappa shape index (κ1) is 16.5. The van der Waals surface area contributed by atoms with Gasteiger partial charge in [0, 0.05) is 24.2 Å². The van der Waals surface area contributed by atoms with Crippen LogP contribution < -0.4 is 5.32 Å². The number of carboxylic acids is 1. The van der Waals surface area contributed by atoms with E-state index in [1.165, 1.54) is 11.8 Å². The van der Waals surface area contributed by atoms with Crippen LogP contribution in [0.3, 0.4) is 0 Å². The Morgan fingerprint density at radius 3 is 2.45 bits per heavy atom. The summed E-state index contributed by atoms with van der Waals surface area (Å²) in [6.07, 6.45) is 0.509. The maximum Gasteiger partial charge on any atom is 0.330 e. The van der Waals surface area contributed by atoms with E-state index < -0.39 is 11.5 Å². The van der Waals surface area contributed by atoms with Gasteiger partial charge in [0.25, 0.3) is 0 Å². The molecular weight excluding hydrogens is 302 g/mol. The van der Waals surface area contributed by atoms with Gasteiger partial charge in [-0.15, -0.1) is 0 Å². The van der Waals surface area contributed by atoms with Crippen LogP contribution in [0, 0.1) is 6.92 Å². The van der Waals surface area contributed by atoms with Crippen LogP contribution in [0.2, 0.25) is 0 Å². The molecule has 0 aromatic heterocycles. The summed E-state index contributed by atoms with van der Waals surface area (Å²) in [7, 11) is 0. The van der Waals surface area contributed by atoms with Crippen LogP contribution in [0.1, 0.15) is 35.2 Å². The molecule has 22 heavy (non-hydrogen) atoms. The highest BCUT2D eigenvalue weighted by molar-refractivity contribution is 7.99. The molecule has 1 aliphatic heterocycles. The molecule has 1 amide bonds. The lowest BCUT2D eigenvalue weighted by Crippen LogP contribution is -2.54. The van der Waals surface area contributed by atoms with Gasteiger partial charge in [0.2, 0.25) is 5.91 Å². The van der Waals surface area contributed by atoms with E-state index in [0.717, 1.165) is 11.3 Å². The molecule has 118 valence electrons. The van der Waals surface area contributed by atoms with E-state index in [4.69, 9.17) is 0 Å². The number of carbonyl (C=O) groups excluding carboxylic acids is 2. The van der Waals surface area contributed by atoms with Gasteiger partial charge in [-0.2, -0.15) is 11.8 Å². The van der Waals surface area contributed by atoms with E-state index in [1.807, 2.05) is 19.1 Å². The average molecular weight is 321 g/mol. The van der Waals surface area contributed by atoms with Gasteiger partial charge < -0.3 is 10.4 Å². The molecule has 0 aliphatic carbocycles. The Morgan fingerprint density at radius 1 is 1.23 bits per heavy atom. The zero-order chi connectivity index (χ0) is 16.2. The van der Waals surface area contributed by atoms with E-state index in [9.17, 15) is 19.5 Å². The molecule has 0 bridgehead atoms. The van der Waals surface area contributed by atoms with Crippen molar-refractivity contribution < 1.29 is 19.5 Å². The van der Waals surface area contributed by atoms with Crippen molar-refractivity contribution in [3.05, 3.63) is 35.4 Å². The van der Waals surface area contributed by atoms with E-state index in [-0.39, 0.29) is 24.5 Å². The number of aryl methyl sites for hydroxylation is 1. The number of aliphatic carboxylic acids is 1. The lowest BCUT2D eigenvalue weighted by molar-refractivity contribution is -0.146. The van der Waals surface area contributed by atoms with Gasteiger partial charge in [-0.1, -0.05) is 29.8 Å². The largest absolute Gasteiger partial charge is 0.479 e. The normalized spacial score (nSPS) is 20.6. The first-order valence-electron chi connectivity index (χ1n) is 7.15. The Labute approximate surface area is 133 Å². The Bertz CT molecular complexity index is 576. The van der Waals surface area contributed by atoms with Crippen molar-refractivity contribution >= 4 is 29.4 Å². The molecule has 6 heteroatoms. The smallest absolute Gasteiger partial charge is 0.330 e. The summed E-state index contributed by atoms with van der Waals surface area (Å²) >= 11 is 1.51. The minimum atomic E-state index is -1.17. The number of thioether (sulfide) groups is 1. The zero-order valence-electron chi connectivity index (χ0n) is 12.4. The lowest BCUT2D eigenvalue weighted by Gasteiger charge is -2.24. The fraction of sp³-hybridized carbons (Fsp3) is 0.438. The third-order valence-corrected chi connectivity index (χ3v) is 4.95. The summed E-state index contributed by atoms with van der Waals surface area (Å²) in [5.74, 6) is -0.407. The van der Waals surface area contributed by atoms with Crippen LogP contribution in [0.5, 0.6) is 0 Å². The van der Waals surface area contributed by atoms with Crippen molar-refractivity contribution in [2.45, 2.75) is 31.7 Å². The molecular formula is C16H19NO4S. The number of carboxylic acid groups (broad SMARTS) is 1. The van der Waals surface area contributed by atoms with Crippen LogP contribution in [0.25, 0.3) is 0 Å². The van der Waals surface area contributed by atoms with Crippen LogP contribution >= 0.6 is 11.8 Å². The number of rotatable bonds is 6. The minimum absolute atomic E-state index is 0.00636. The number of amides is 1. The van der Waals surface area contributed by atoms with Crippen LogP contribution in [0.15, 0.2) is 24.3 Å². The molecule has 1 unspecified atom stereocenters. The zero-order valence-corrected chi connectivity index (χ0v) is 13.2. The van der Waals surface area contributed by atoms with E-state index in [0.29, 0.717) is 17.7 Å². The van der Waals surface area contributed by atoms with Crippen molar-refractivity contribution in [2.24, 2.45) is 0 Å². The minimum Gasteiger partial charge on any atom is -0.479 e. The van der Waals surface area contributed by atoms with Gasteiger partial charge in [0.05, 0.1) is 0 Å². The molecule has 1 atom stereocenters. The number of hydrogen-bond donors (Lipinski definition) is 2. The summed E-state index contributed by atoms with van der Waals surface area (Å²) < 4.78 is 0. The van der Waals surface area contributed by atoms with Crippen LogP contribution in [-0.2, 0) is 9.59 Å². The van der Waals surface area contributed by atoms with Gasteiger partial charge in [-0.3, -0.25) is 9.59 Å². The number of benzene rings is 1. The molecule has 1 saturated heterocycles. The van der Waals surface area contributed by atoms with Gasteiger partial charge >= 0.3 is 5.97 Å². The number of Topliss-reactive ketones (excluding diaryl/α,β-unsaturated/α-hetero) is 1. The number of hydrogen-bond acceptors (Lipinski definition) is 4. The predicted molar refractivity (Wildman–Crippen MR) is 85.2 cm³/mol. The second-order valence-corrected chi connectivity index (χ2v) is 6.63. The lowest BCUT2D eigenvalue weighted by atomic mass is 9.98. The Hall–Kier alpha value is -1.82. The molecule has 1 aromatic rings. The van der Waals surface area contributed by atoms with Gasteiger partial charge in [0.1, 0.15) is 5.54 Å². The second kappa shape index (κ2) is 6.96.